The van der Waals surface area contributed by atoms with Gasteiger partial charge in [0.15, 0.2) is 0 Å². The van der Waals surface area contributed by atoms with Gasteiger partial charge in [-0.25, -0.2) is 4.39 Å². The van der Waals surface area contributed by atoms with Crippen molar-refractivity contribution in [3.63, 3.8) is 0 Å². The molecule has 1 aromatic rings. The molecule has 0 N–H and O–H groups in total. The SMILES string of the molecule is C[C@@H](Br)c1ccc(Br)c(F)c1. The van der Waals surface area contributed by atoms with Crippen LogP contribution in [0.1, 0.15) is 17.3 Å². The van der Waals surface area contributed by atoms with E-state index < -0.39 is 0 Å². The molecule has 0 unspecified atom stereocenters. The topological polar surface area (TPSA) is 0 Å². The first-order valence-corrected chi connectivity index (χ1v) is 4.91. The fraction of sp³-hybridized carbons (Fsp3) is 0.250. The molecule has 0 aromatic heterocycles. The predicted molar refractivity (Wildman–Crippen MR) is 51.4 cm³/mol. The van der Waals surface area contributed by atoms with Gasteiger partial charge in [-0.2, -0.15) is 0 Å². The lowest BCUT2D eigenvalue weighted by Crippen LogP contribution is -1.85. The third-order valence-corrected chi connectivity index (χ3v) is 2.57. The van der Waals surface area contributed by atoms with E-state index in [1.807, 2.05) is 13.0 Å². The molecule has 0 amide bonds. The van der Waals surface area contributed by atoms with Gasteiger partial charge in [-0.05, 0) is 40.5 Å². The maximum absolute atomic E-state index is 12.9. The third-order valence-electron chi connectivity index (χ3n) is 1.40. The highest BCUT2D eigenvalue weighted by molar-refractivity contribution is 9.10. The lowest BCUT2D eigenvalue weighted by Gasteiger charge is -2.03. The van der Waals surface area contributed by atoms with Gasteiger partial charge < -0.3 is 0 Å². The van der Waals surface area contributed by atoms with Crippen LogP contribution in [0.15, 0.2) is 22.7 Å². The summed E-state index contributed by atoms with van der Waals surface area (Å²) in [7, 11) is 0. The van der Waals surface area contributed by atoms with Crippen LogP contribution in [0, 0.1) is 5.82 Å². The fourth-order valence-corrected chi connectivity index (χ4v) is 1.29. The summed E-state index contributed by atoms with van der Waals surface area (Å²) < 4.78 is 13.4. The maximum atomic E-state index is 12.9. The van der Waals surface area contributed by atoms with E-state index >= 15 is 0 Å². The first-order valence-electron chi connectivity index (χ1n) is 3.20. The second kappa shape index (κ2) is 3.68. The number of benzene rings is 1. The lowest BCUT2D eigenvalue weighted by molar-refractivity contribution is 0.619. The van der Waals surface area contributed by atoms with Gasteiger partial charge in [0, 0.05) is 4.83 Å². The molecule has 0 heterocycles. The van der Waals surface area contributed by atoms with E-state index in [4.69, 9.17) is 0 Å². The number of rotatable bonds is 1. The number of alkyl halides is 1. The zero-order valence-electron chi connectivity index (χ0n) is 5.94. The predicted octanol–water partition coefficient (Wildman–Crippen LogP) is 4.04. The monoisotopic (exact) mass is 280 g/mol. The van der Waals surface area contributed by atoms with E-state index in [2.05, 4.69) is 31.9 Å². The van der Waals surface area contributed by atoms with Gasteiger partial charge >= 0.3 is 0 Å². The van der Waals surface area contributed by atoms with Gasteiger partial charge in [0.2, 0.25) is 0 Å². The van der Waals surface area contributed by atoms with Crippen molar-refractivity contribution in [1.29, 1.82) is 0 Å². The average molecular weight is 282 g/mol. The molecule has 0 aliphatic carbocycles. The molecular weight excluding hydrogens is 275 g/mol. The molecule has 0 fully saturated rings. The zero-order valence-corrected chi connectivity index (χ0v) is 9.12. The van der Waals surface area contributed by atoms with E-state index in [0.717, 1.165) is 5.56 Å². The Hall–Kier alpha value is 0.110. The van der Waals surface area contributed by atoms with Crippen molar-refractivity contribution >= 4 is 31.9 Å². The van der Waals surface area contributed by atoms with Crippen LogP contribution < -0.4 is 0 Å². The Morgan fingerprint density at radius 3 is 2.55 bits per heavy atom. The molecule has 0 radical (unpaired) electrons. The van der Waals surface area contributed by atoms with Crippen LogP contribution in [-0.2, 0) is 0 Å². The van der Waals surface area contributed by atoms with Crippen molar-refractivity contribution in [1.82, 2.24) is 0 Å². The number of halogens is 3. The number of hydrogen-bond acceptors (Lipinski definition) is 0. The van der Waals surface area contributed by atoms with Gasteiger partial charge in [0.1, 0.15) is 5.82 Å². The van der Waals surface area contributed by atoms with Gasteiger partial charge in [0.25, 0.3) is 0 Å². The van der Waals surface area contributed by atoms with Crippen LogP contribution >= 0.6 is 31.9 Å². The van der Waals surface area contributed by atoms with Crippen molar-refractivity contribution in [3.8, 4) is 0 Å². The first kappa shape index (κ1) is 9.20. The largest absolute Gasteiger partial charge is 0.206 e. The highest BCUT2D eigenvalue weighted by atomic mass is 79.9. The Morgan fingerprint density at radius 1 is 1.45 bits per heavy atom. The summed E-state index contributed by atoms with van der Waals surface area (Å²) in [4.78, 5) is 0.199. The Morgan fingerprint density at radius 2 is 2.09 bits per heavy atom. The second-order valence-electron chi connectivity index (χ2n) is 2.29. The Bertz CT molecular complexity index is 258. The van der Waals surface area contributed by atoms with Crippen LogP contribution in [0.5, 0.6) is 0 Å². The molecule has 1 aromatic carbocycles. The quantitative estimate of drug-likeness (QED) is 0.682. The summed E-state index contributed by atoms with van der Waals surface area (Å²) in [5, 5.41) is 0. The molecule has 0 bridgehead atoms. The minimum Gasteiger partial charge on any atom is -0.206 e. The van der Waals surface area contributed by atoms with E-state index in [1.54, 1.807) is 6.07 Å². The maximum Gasteiger partial charge on any atom is 0.137 e. The smallest absolute Gasteiger partial charge is 0.137 e. The standard InChI is InChI=1S/C8H7Br2F/c1-5(9)6-2-3-7(10)8(11)4-6/h2-5H,1H3/t5-/m1/s1. The summed E-state index contributed by atoms with van der Waals surface area (Å²) in [5.74, 6) is -0.214. The van der Waals surface area contributed by atoms with E-state index in [1.165, 1.54) is 6.07 Å². The molecule has 0 nitrogen and oxygen atoms in total. The van der Waals surface area contributed by atoms with Crippen LogP contribution in [0.4, 0.5) is 4.39 Å². The summed E-state index contributed by atoms with van der Waals surface area (Å²) in [6, 6.07) is 5.11. The van der Waals surface area contributed by atoms with Crippen molar-refractivity contribution in [2.45, 2.75) is 11.8 Å². The molecule has 11 heavy (non-hydrogen) atoms. The van der Waals surface area contributed by atoms with Crippen molar-refractivity contribution in [2.24, 2.45) is 0 Å². The summed E-state index contributed by atoms with van der Waals surface area (Å²) >= 11 is 6.45. The highest BCUT2D eigenvalue weighted by Gasteiger charge is 2.03. The molecule has 0 saturated carbocycles. The van der Waals surface area contributed by atoms with E-state index in [9.17, 15) is 4.39 Å². The summed E-state index contributed by atoms with van der Waals surface area (Å²) in [6.45, 7) is 1.96. The molecule has 1 rings (SSSR count). The summed E-state index contributed by atoms with van der Waals surface area (Å²) in [6.07, 6.45) is 0. The van der Waals surface area contributed by atoms with E-state index in [-0.39, 0.29) is 10.6 Å². The average Bonchev–Trinajstić information content (AvgIpc) is 1.94. The van der Waals surface area contributed by atoms with Crippen molar-refractivity contribution in [3.05, 3.63) is 34.1 Å². The van der Waals surface area contributed by atoms with Gasteiger partial charge in [-0.3, -0.25) is 0 Å². The molecule has 3 heteroatoms. The Kier molecular flexibility index (Phi) is 3.07. The minimum atomic E-state index is -0.214. The molecular formula is C8H7Br2F. The second-order valence-corrected chi connectivity index (χ2v) is 4.52. The molecule has 0 saturated heterocycles. The van der Waals surface area contributed by atoms with Crippen LogP contribution in [0.2, 0.25) is 0 Å². The molecule has 0 spiro atoms. The third kappa shape index (κ3) is 2.27. The molecule has 60 valence electrons. The molecule has 0 aliphatic heterocycles. The molecule has 1 atom stereocenters. The van der Waals surface area contributed by atoms with Crippen LogP contribution in [0.3, 0.4) is 0 Å². The lowest BCUT2D eigenvalue weighted by atomic mass is 10.2. The van der Waals surface area contributed by atoms with Gasteiger partial charge in [-0.15, -0.1) is 0 Å². The van der Waals surface area contributed by atoms with Gasteiger partial charge in [-0.1, -0.05) is 22.0 Å². The molecule has 0 aliphatic rings. The van der Waals surface area contributed by atoms with Gasteiger partial charge in [0.05, 0.1) is 4.47 Å². The zero-order chi connectivity index (χ0) is 8.43. The van der Waals surface area contributed by atoms with Crippen molar-refractivity contribution < 1.29 is 4.39 Å². The Balaban J connectivity index is 3.05. The first-order chi connectivity index (χ1) is 5.11. The minimum absolute atomic E-state index is 0.199. The normalized spacial score (nSPS) is 13.1. The van der Waals surface area contributed by atoms with Crippen LogP contribution in [-0.4, -0.2) is 0 Å². The Labute approximate surface area is 82.1 Å². The van der Waals surface area contributed by atoms with Crippen molar-refractivity contribution in [2.75, 3.05) is 0 Å². The van der Waals surface area contributed by atoms with E-state index in [0.29, 0.717) is 4.47 Å². The number of hydrogen-bond donors (Lipinski definition) is 0. The summed E-state index contributed by atoms with van der Waals surface area (Å²) in [5.41, 5.74) is 0.950. The fourth-order valence-electron chi connectivity index (χ4n) is 0.760. The van der Waals surface area contributed by atoms with Crippen LogP contribution in [0.25, 0.3) is 0 Å². The highest BCUT2D eigenvalue weighted by Crippen LogP contribution is 2.25.